The minimum absolute atomic E-state index is 0.0462. The molecule has 5 N–H and O–H groups in total. The second-order valence-electron chi connectivity index (χ2n) is 5.36. The van der Waals surface area contributed by atoms with Crippen LogP contribution in [0.25, 0.3) is 0 Å². The summed E-state index contributed by atoms with van der Waals surface area (Å²) in [5.41, 5.74) is 2.11. The van der Waals surface area contributed by atoms with Gasteiger partial charge in [-0.3, -0.25) is 19.8 Å². The number of ether oxygens (including phenoxy) is 1. The molecule has 2 aliphatic heterocycles. The third-order valence-electron chi connectivity index (χ3n) is 3.67. The second-order valence-corrected chi connectivity index (χ2v) is 6.55. The Morgan fingerprint density at radius 2 is 2.23 bits per heavy atom. The molecule has 9 heteroatoms. The number of thioether (sulfide) groups is 1. The first-order chi connectivity index (χ1) is 10.6. The summed E-state index contributed by atoms with van der Waals surface area (Å²) in [5.74, 6) is 4.58. The normalized spacial score (nSPS) is 26.1. The number of hydrogen-bond acceptors (Lipinski definition) is 6. The van der Waals surface area contributed by atoms with Gasteiger partial charge in [-0.05, 0) is 25.7 Å². The first-order valence-electron chi connectivity index (χ1n) is 7.43. The highest BCUT2D eigenvalue weighted by Gasteiger charge is 2.30. The number of nitrogens with one attached hydrogen (secondary N) is 3. The molecule has 0 aromatic rings. The highest BCUT2D eigenvalue weighted by Crippen LogP contribution is 2.23. The fraction of sp³-hybridized carbons (Fsp3) is 0.769. The largest absolute Gasteiger partial charge is 0.368 e. The topological polar surface area (TPSA) is 123 Å². The number of hydrogen-bond donors (Lipinski definition) is 4. The molecule has 0 aromatic heterocycles. The lowest BCUT2D eigenvalue weighted by Crippen LogP contribution is -2.54. The standard InChI is InChI=1S/C13H22N4O4S/c14-17-13(20)9(7-22-11-3-1-2-6-21-11)16-12(19)8-4-5-10(18)15-8/h8-9,11H,1-7,14H2,(H,15,18)(H,16,19)(H,17,20)/t8-,9-,11+/m0/s1. The van der Waals surface area contributed by atoms with E-state index in [9.17, 15) is 14.4 Å². The van der Waals surface area contributed by atoms with Gasteiger partial charge in [0.2, 0.25) is 11.8 Å². The van der Waals surface area contributed by atoms with Crippen LogP contribution in [0, 0.1) is 0 Å². The van der Waals surface area contributed by atoms with E-state index >= 15 is 0 Å². The Bertz CT molecular complexity index is 428. The number of nitrogens with two attached hydrogens (primary N) is 1. The number of carbonyl (C=O) groups is 3. The molecule has 2 saturated heterocycles. The summed E-state index contributed by atoms with van der Waals surface area (Å²) in [6.45, 7) is 0.728. The van der Waals surface area contributed by atoms with Gasteiger partial charge in [0.1, 0.15) is 17.5 Å². The summed E-state index contributed by atoms with van der Waals surface area (Å²) in [6.07, 6.45) is 3.87. The number of hydrazine groups is 1. The molecule has 0 aromatic carbocycles. The fourth-order valence-electron chi connectivity index (χ4n) is 2.41. The van der Waals surface area contributed by atoms with Crippen LogP contribution in [0.15, 0.2) is 0 Å². The van der Waals surface area contributed by atoms with Crippen LogP contribution in [0.3, 0.4) is 0 Å². The molecule has 0 radical (unpaired) electrons. The SMILES string of the molecule is NNC(=O)[C@H](CS[C@@H]1CCCCO1)NC(=O)[C@@H]1CCC(=O)N1. The van der Waals surface area contributed by atoms with E-state index in [2.05, 4.69) is 16.1 Å². The van der Waals surface area contributed by atoms with Crippen LogP contribution >= 0.6 is 11.8 Å². The zero-order valence-corrected chi connectivity index (χ0v) is 13.1. The van der Waals surface area contributed by atoms with Crippen molar-refractivity contribution < 1.29 is 19.1 Å². The number of carbonyl (C=O) groups excluding carboxylic acids is 3. The predicted octanol–water partition coefficient (Wildman–Crippen LogP) is -1.00. The van der Waals surface area contributed by atoms with E-state index in [1.807, 2.05) is 0 Å². The van der Waals surface area contributed by atoms with E-state index in [-0.39, 0.29) is 17.3 Å². The predicted molar refractivity (Wildman–Crippen MR) is 81.5 cm³/mol. The summed E-state index contributed by atoms with van der Waals surface area (Å²) in [5, 5.41) is 5.22. The summed E-state index contributed by atoms with van der Waals surface area (Å²) in [6, 6.07) is -1.32. The molecular formula is C13H22N4O4S. The minimum Gasteiger partial charge on any atom is -0.368 e. The Labute approximate surface area is 133 Å². The van der Waals surface area contributed by atoms with E-state index in [0.29, 0.717) is 18.6 Å². The van der Waals surface area contributed by atoms with Crippen LogP contribution in [0.5, 0.6) is 0 Å². The van der Waals surface area contributed by atoms with Gasteiger partial charge in [0.05, 0.1) is 0 Å². The molecule has 124 valence electrons. The van der Waals surface area contributed by atoms with Crippen LogP contribution in [0.2, 0.25) is 0 Å². The van der Waals surface area contributed by atoms with Gasteiger partial charge in [0.25, 0.3) is 5.91 Å². The summed E-state index contributed by atoms with van der Waals surface area (Å²) in [7, 11) is 0. The number of rotatable bonds is 6. The van der Waals surface area contributed by atoms with E-state index in [1.165, 1.54) is 11.8 Å². The zero-order chi connectivity index (χ0) is 15.9. The average molecular weight is 330 g/mol. The van der Waals surface area contributed by atoms with Crippen molar-refractivity contribution in [1.82, 2.24) is 16.1 Å². The Kier molecular flexibility index (Phi) is 6.47. The molecule has 0 aliphatic carbocycles. The summed E-state index contributed by atoms with van der Waals surface area (Å²) >= 11 is 1.49. The smallest absolute Gasteiger partial charge is 0.257 e. The molecule has 0 bridgehead atoms. The molecular weight excluding hydrogens is 308 g/mol. The molecule has 3 amide bonds. The molecule has 3 atom stereocenters. The quantitative estimate of drug-likeness (QED) is 0.281. The highest BCUT2D eigenvalue weighted by molar-refractivity contribution is 7.99. The van der Waals surface area contributed by atoms with Crippen molar-refractivity contribution in [1.29, 1.82) is 0 Å². The van der Waals surface area contributed by atoms with Gasteiger partial charge in [-0.1, -0.05) is 0 Å². The van der Waals surface area contributed by atoms with Gasteiger partial charge in [0, 0.05) is 18.8 Å². The van der Waals surface area contributed by atoms with Crippen molar-refractivity contribution in [3.05, 3.63) is 0 Å². The first-order valence-corrected chi connectivity index (χ1v) is 8.48. The van der Waals surface area contributed by atoms with Crippen molar-refractivity contribution >= 4 is 29.5 Å². The van der Waals surface area contributed by atoms with Crippen molar-refractivity contribution in [3.63, 3.8) is 0 Å². The van der Waals surface area contributed by atoms with E-state index in [4.69, 9.17) is 10.6 Å². The summed E-state index contributed by atoms with van der Waals surface area (Å²) < 4.78 is 5.59. The molecule has 2 heterocycles. The van der Waals surface area contributed by atoms with Crippen LogP contribution in [0.4, 0.5) is 0 Å². The summed E-state index contributed by atoms with van der Waals surface area (Å²) in [4.78, 5) is 35.0. The Morgan fingerprint density at radius 3 is 2.82 bits per heavy atom. The Hall–Kier alpha value is -1.32. The van der Waals surface area contributed by atoms with Gasteiger partial charge < -0.3 is 15.4 Å². The van der Waals surface area contributed by atoms with Crippen molar-refractivity contribution in [3.8, 4) is 0 Å². The lowest BCUT2D eigenvalue weighted by molar-refractivity contribution is -0.130. The molecule has 0 unspecified atom stereocenters. The van der Waals surface area contributed by atoms with Crippen LogP contribution in [-0.2, 0) is 19.1 Å². The molecule has 0 spiro atoms. The van der Waals surface area contributed by atoms with Gasteiger partial charge >= 0.3 is 0 Å². The van der Waals surface area contributed by atoms with Crippen LogP contribution in [-0.4, -0.2) is 47.6 Å². The molecule has 2 rings (SSSR count). The van der Waals surface area contributed by atoms with Gasteiger partial charge in [-0.15, -0.1) is 11.8 Å². The van der Waals surface area contributed by atoms with Gasteiger partial charge in [-0.25, -0.2) is 5.84 Å². The molecule has 22 heavy (non-hydrogen) atoms. The second kappa shape index (κ2) is 8.35. The first kappa shape index (κ1) is 17.0. The maximum absolute atomic E-state index is 12.1. The van der Waals surface area contributed by atoms with E-state index in [0.717, 1.165) is 25.9 Å². The van der Waals surface area contributed by atoms with Crippen LogP contribution < -0.4 is 21.9 Å². The third-order valence-corrected chi connectivity index (χ3v) is 4.94. The molecule has 8 nitrogen and oxygen atoms in total. The molecule has 2 aliphatic rings. The van der Waals surface area contributed by atoms with Crippen molar-refractivity contribution in [2.75, 3.05) is 12.4 Å². The third kappa shape index (κ3) is 4.85. The highest BCUT2D eigenvalue weighted by atomic mass is 32.2. The Morgan fingerprint density at radius 1 is 1.41 bits per heavy atom. The van der Waals surface area contributed by atoms with Crippen molar-refractivity contribution in [2.45, 2.75) is 49.6 Å². The maximum atomic E-state index is 12.1. The van der Waals surface area contributed by atoms with E-state index < -0.39 is 18.0 Å². The maximum Gasteiger partial charge on any atom is 0.257 e. The number of amides is 3. The van der Waals surface area contributed by atoms with Crippen molar-refractivity contribution in [2.24, 2.45) is 5.84 Å². The van der Waals surface area contributed by atoms with Crippen LogP contribution in [0.1, 0.15) is 32.1 Å². The lowest BCUT2D eigenvalue weighted by atomic mass is 10.2. The molecule has 2 fully saturated rings. The minimum atomic E-state index is -0.745. The van der Waals surface area contributed by atoms with E-state index in [1.54, 1.807) is 0 Å². The fourth-order valence-corrected chi connectivity index (χ4v) is 3.58. The monoisotopic (exact) mass is 330 g/mol. The average Bonchev–Trinajstić information content (AvgIpc) is 2.98. The van der Waals surface area contributed by atoms with Gasteiger partial charge in [0.15, 0.2) is 0 Å². The lowest BCUT2D eigenvalue weighted by Gasteiger charge is -2.25. The zero-order valence-electron chi connectivity index (χ0n) is 12.3. The van der Waals surface area contributed by atoms with Gasteiger partial charge in [-0.2, -0.15) is 0 Å². The molecule has 0 saturated carbocycles. The Balaban J connectivity index is 1.84.